The molecule has 0 bridgehead atoms. The van der Waals surface area contributed by atoms with Crippen LogP contribution in [0.1, 0.15) is 31.7 Å². The van der Waals surface area contributed by atoms with E-state index in [0.29, 0.717) is 16.4 Å². The van der Waals surface area contributed by atoms with Gasteiger partial charge < -0.3 is 14.8 Å². The Labute approximate surface area is 189 Å². The average molecular weight is 456 g/mol. The molecular formula is C23H25N3O5S. The Morgan fingerprint density at radius 2 is 1.88 bits per heavy atom. The Morgan fingerprint density at radius 1 is 1.12 bits per heavy atom. The zero-order chi connectivity index (χ0) is 23.1. The number of benzene rings is 2. The second-order valence-corrected chi connectivity index (χ2v) is 8.15. The van der Waals surface area contributed by atoms with E-state index in [2.05, 4.69) is 15.6 Å². The van der Waals surface area contributed by atoms with Crippen molar-refractivity contribution < 1.29 is 23.9 Å². The van der Waals surface area contributed by atoms with Crippen LogP contribution in [0.4, 0.5) is 9.93 Å². The summed E-state index contributed by atoms with van der Waals surface area (Å²) in [4.78, 5) is 41.8. The first-order chi connectivity index (χ1) is 15.4. The molecule has 32 heavy (non-hydrogen) atoms. The van der Waals surface area contributed by atoms with Crippen LogP contribution in [0.2, 0.25) is 0 Å². The second-order valence-electron chi connectivity index (χ2n) is 7.12. The van der Waals surface area contributed by atoms with Gasteiger partial charge in [0.15, 0.2) is 5.13 Å². The number of imide groups is 1. The largest absolute Gasteiger partial charge is 0.497 e. The summed E-state index contributed by atoms with van der Waals surface area (Å²) >= 11 is 1.33. The Balaban J connectivity index is 1.76. The van der Waals surface area contributed by atoms with Crippen molar-refractivity contribution in [2.75, 3.05) is 19.0 Å². The minimum absolute atomic E-state index is 0.124. The number of rotatable bonds is 8. The Hall–Kier alpha value is -3.46. The molecule has 3 aromatic rings. The molecule has 1 aromatic heterocycles. The van der Waals surface area contributed by atoms with E-state index in [1.807, 2.05) is 49.4 Å². The molecule has 2 aromatic carbocycles. The van der Waals surface area contributed by atoms with Crippen LogP contribution in [0.3, 0.4) is 0 Å². The molecule has 0 fully saturated rings. The predicted octanol–water partition coefficient (Wildman–Crippen LogP) is 4.33. The van der Waals surface area contributed by atoms with E-state index in [1.54, 1.807) is 20.1 Å². The summed E-state index contributed by atoms with van der Waals surface area (Å²) in [6, 6.07) is 14.8. The molecule has 2 N–H and O–H groups in total. The number of anilines is 1. The van der Waals surface area contributed by atoms with E-state index in [4.69, 9.17) is 9.47 Å². The highest BCUT2D eigenvalue weighted by atomic mass is 32.1. The molecule has 1 heterocycles. The van der Waals surface area contributed by atoms with Crippen LogP contribution in [-0.4, -0.2) is 36.6 Å². The fraction of sp³-hybridized carbons (Fsp3) is 0.304. The number of methoxy groups -OCH3 is 1. The summed E-state index contributed by atoms with van der Waals surface area (Å²) in [7, 11) is 1.58. The molecule has 0 saturated carbocycles. The standard InChI is InChI=1S/C23H25N3O5S/c1-4-31-23(29)26-21(28)17(14(2)15-8-6-5-7-9-15)13-20(27)25-22-24-18-12-16(30-3)10-11-19(18)32-22/h5-12,14,17H,4,13H2,1-3H3,(H,24,25,27)(H,26,28,29)/t14-,17+/m0/s1. The van der Waals surface area contributed by atoms with Crippen molar-refractivity contribution in [2.45, 2.75) is 26.2 Å². The smallest absolute Gasteiger partial charge is 0.413 e. The fourth-order valence-corrected chi connectivity index (χ4v) is 4.17. The van der Waals surface area contributed by atoms with Crippen molar-refractivity contribution in [3.05, 3.63) is 54.1 Å². The summed E-state index contributed by atoms with van der Waals surface area (Å²) in [5.74, 6) is -1.35. The van der Waals surface area contributed by atoms with Gasteiger partial charge in [-0.25, -0.2) is 9.78 Å². The van der Waals surface area contributed by atoms with Crippen molar-refractivity contribution in [1.82, 2.24) is 10.3 Å². The van der Waals surface area contributed by atoms with Gasteiger partial charge >= 0.3 is 6.09 Å². The molecule has 9 heteroatoms. The molecular weight excluding hydrogens is 430 g/mol. The van der Waals surface area contributed by atoms with Crippen molar-refractivity contribution in [2.24, 2.45) is 5.92 Å². The first kappa shape index (κ1) is 23.2. The topological polar surface area (TPSA) is 107 Å². The van der Waals surface area contributed by atoms with Crippen LogP contribution in [-0.2, 0) is 14.3 Å². The maximum atomic E-state index is 12.8. The van der Waals surface area contributed by atoms with Gasteiger partial charge in [-0.05, 0) is 30.5 Å². The van der Waals surface area contributed by atoms with E-state index >= 15 is 0 Å². The van der Waals surface area contributed by atoms with E-state index in [-0.39, 0.29) is 24.9 Å². The molecule has 2 atom stereocenters. The zero-order valence-corrected chi connectivity index (χ0v) is 18.9. The van der Waals surface area contributed by atoms with Crippen molar-refractivity contribution >= 4 is 44.6 Å². The Morgan fingerprint density at radius 3 is 2.56 bits per heavy atom. The van der Waals surface area contributed by atoms with Crippen molar-refractivity contribution in [3.63, 3.8) is 0 Å². The van der Waals surface area contributed by atoms with Crippen LogP contribution in [0.25, 0.3) is 10.2 Å². The minimum Gasteiger partial charge on any atom is -0.497 e. The van der Waals surface area contributed by atoms with E-state index < -0.39 is 17.9 Å². The number of fused-ring (bicyclic) bond motifs is 1. The number of ether oxygens (including phenoxy) is 2. The van der Waals surface area contributed by atoms with Gasteiger partial charge in [0.25, 0.3) is 0 Å². The van der Waals surface area contributed by atoms with Crippen LogP contribution in [0, 0.1) is 5.92 Å². The lowest BCUT2D eigenvalue weighted by atomic mass is 9.84. The first-order valence-electron chi connectivity index (χ1n) is 10.2. The van der Waals surface area contributed by atoms with Gasteiger partial charge in [0.1, 0.15) is 5.75 Å². The lowest BCUT2D eigenvalue weighted by molar-refractivity contribution is -0.128. The molecule has 168 valence electrons. The highest BCUT2D eigenvalue weighted by molar-refractivity contribution is 7.22. The number of hydrogen-bond acceptors (Lipinski definition) is 7. The van der Waals surface area contributed by atoms with Crippen molar-refractivity contribution in [1.29, 1.82) is 0 Å². The number of alkyl carbamates (subject to hydrolysis) is 1. The van der Waals surface area contributed by atoms with Gasteiger partial charge in [-0.1, -0.05) is 48.6 Å². The predicted molar refractivity (Wildman–Crippen MR) is 123 cm³/mol. The summed E-state index contributed by atoms with van der Waals surface area (Å²) in [5.41, 5.74) is 1.59. The molecule has 8 nitrogen and oxygen atoms in total. The lowest BCUT2D eigenvalue weighted by Crippen LogP contribution is -2.39. The lowest BCUT2D eigenvalue weighted by Gasteiger charge is -2.22. The number of amides is 3. The van der Waals surface area contributed by atoms with Crippen molar-refractivity contribution in [3.8, 4) is 5.75 Å². The summed E-state index contributed by atoms with van der Waals surface area (Å²) < 4.78 is 10.9. The maximum Gasteiger partial charge on any atom is 0.413 e. The molecule has 3 rings (SSSR count). The Bertz CT molecular complexity index is 1100. The molecule has 0 aliphatic rings. The molecule has 0 unspecified atom stereocenters. The quantitative estimate of drug-likeness (QED) is 0.524. The van der Waals surface area contributed by atoms with Gasteiger partial charge in [0.05, 0.1) is 29.9 Å². The molecule has 0 saturated heterocycles. The molecule has 0 spiro atoms. The van der Waals surface area contributed by atoms with Gasteiger partial charge in [-0.2, -0.15) is 0 Å². The third-order valence-electron chi connectivity index (χ3n) is 5.01. The van der Waals surface area contributed by atoms with Crippen LogP contribution in [0.15, 0.2) is 48.5 Å². The van der Waals surface area contributed by atoms with Crippen LogP contribution >= 0.6 is 11.3 Å². The second kappa shape index (κ2) is 10.7. The highest BCUT2D eigenvalue weighted by Crippen LogP contribution is 2.30. The highest BCUT2D eigenvalue weighted by Gasteiger charge is 2.30. The minimum atomic E-state index is -0.830. The number of carbonyl (C=O) groups excluding carboxylic acids is 3. The fourth-order valence-electron chi connectivity index (χ4n) is 3.30. The molecule has 3 amide bonds. The monoisotopic (exact) mass is 455 g/mol. The van der Waals surface area contributed by atoms with Gasteiger partial charge in [-0.15, -0.1) is 0 Å². The summed E-state index contributed by atoms with van der Waals surface area (Å²) in [6.07, 6.45) is -0.955. The number of carbonyl (C=O) groups is 3. The normalized spacial score (nSPS) is 12.6. The average Bonchev–Trinajstić information content (AvgIpc) is 3.18. The summed E-state index contributed by atoms with van der Waals surface area (Å²) in [5, 5.41) is 5.42. The third-order valence-corrected chi connectivity index (χ3v) is 5.96. The van der Waals surface area contributed by atoms with Gasteiger partial charge in [0, 0.05) is 12.5 Å². The van der Waals surface area contributed by atoms with Gasteiger partial charge in [0.2, 0.25) is 11.8 Å². The van der Waals surface area contributed by atoms with E-state index in [0.717, 1.165) is 10.3 Å². The summed E-state index contributed by atoms with van der Waals surface area (Å²) in [6.45, 7) is 3.64. The molecule has 0 aliphatic heterocycles. The first-order valence-corrected chi connectivity index (χ1v) is 11.0. The number of thiazole rings is 1. The number of nitrogens with zero attached hydrogens (tertiary/aromatic N) is 1. The number of hydrogen-bond donors (Lipinski definition) is 2. The maximum absolute atomic E-state index is 12.8. The number of aromatic nitrogens is 1. The molecule has 0 radical (unpaired) electrons. The van der Waals surface area contributed by atoms with E-state index in [9.17, 15) is 14.4 Å². The Kier molecular flexibility index (Phi) is 7.77. The molecule has 0 aliphatic carbocycles. The van der Waals surface area contributed by atoms with E-state index in [1.165, 1.54) is 11.3 Å². The van der Waals surface area contributed by atoms with Gasteiger partial charge in [-0.3, -0.25) is 14.9 Å². The van der Waals surface area contributed by atoms with Crippen LogP contribution < -0.4 is 15.4 Å². The number of nitrogens with one attached hydrogen (secondary N) is 2. The van der Waals surface area contributed by atoms with Crippen LogP contribution in [0.5, 0.6) is 5.75 Å². The zero-order valence-electron chi connectivity index (χ0n) is 18.1. The SMILES string of the molecule is CCOC(=O)NC(=O)[C@H](CC(=O)Nc1nc2cc(OC)ccc2s1)[C@@H](C)c1ccccc1. The third kappa shape index (κ3) is 5.82.